The minimum Gasteiger partial charge on any atom is -0.345 e. The van der Waals surface area contributed by atoms with Crippen LogP contribution in [0.15, 0.2) is 36.9 Å². The number of carbonyl (C=O) groups is 1. The number of nitrogens with zero attached hydrogens (tertiary/aromatic N) is 3. The van der Waals surface area contributed by atoms with Gasteiger partial charge >= 0.3 is 0 Å². The number of aromatic nitrogens is 3. The van der Waals surface area contributed by atoms with E-state index in [9.17, 15) is 4.79 Å². The summed E-state index contributed by atoms with van der Waals surface area (Å²) in [6, 6.07) is 3.45. The van der Waals surface area contributed by atoms with Crippen LogP contribution in [0.5, 0.6) is 0 Å². The smallest absolute Gasteiger partial charge is 0.253 e. The Balaban J connectivity index is 1.97. The number of pyridine rings is 1. The lowest BCUT2D eigenvalue weighted by Crippen LogP contribution is -2.24. The molecule has 2 rings (SSSR count). The van der Waals surface area contributed by atoms with Crippen molar-refractivity contribution in [2.24, 2.45) is 7.05 Å². The molecular formula is C11H12N4O. The summed E-state index contributed by atoms with van der Waals surface area (Å²) in [5.41, 5.74) is 0.553. The highest BCUT2D eigenvalue weighted by Crippen LogP contribution is 1.97. The van der Waals surface area contributed by atoms with Gasteiger partial charge < -0.3 is 9.88 Å². The summed E-state index contributed by atoms with van der Waals surface area (Å²) < 4.78 is 1.86. The molecule has 0 saturated carbocycles. The minimum atomic E-state index is -0.142. The summed E-state index contributed by atoms with van der Waals surface area (Å²) in [6.45, 7) is 0.414. The fourth-order valence-electron chi connectivity index (χ4n) is 1.33. The Labute approximate surface area is 93.2 Å². The molecule has 82 valence electrons. The molecule has 0 aromatic carbocycles. The van der Waals surface area contributed by atoms with Crippen molar-refractivity contribution < 1.29 is 4.79 Å². The maximum atomic E-state index is 11.7. The highest BCUT2D eigenvalue weighted by molar-refractivity contribution is 5.93. The monoisotopic (exact) mass is 216 g/mol. The lowest BCUT2D eigenvalue weighted by molar-refractivity contribution is 0.0949. The van der Waals surface area contributed by atoms with E-state index in [0.29, 0.717) is 12.1 Å². The molecule has 0 aliphatic heterocycles. The number of amides is 1. The van der Waals surface area contributed by atoms with Gasteiger partial charge in [-0.2, -0.15) is 0 Å². The van der Waals surface area contributed by atoms with Crippen LogP contribution in [0.4, 0.5) is 0 Å². The summed E-state index contributed by atoms with van der Waals surface area (Å²) in [5.74, 6) is 0.674. The molecule has 5 heteroatoms. The van der Waals surface area contributed by atoms with E-state index in [1.54, 1.807) is 24.5 Å². The Kier molecular flexibility index (Phi) is 2.95. The van der Waals surface area contributed by atoms with Gasteiger partial charge in [0.15, 0.2) is 0 Å². The number of imidazole rings is 1. The van der Waals surface area contributed by atoms with Crippen LogP contribution in [0.25, 0.3) is 0 Å². The second-order valence-corrected chi connectivity index (χ2v) is 3.38. The summed E-state index contributed by atoms with van der Waals surface area (Å²) in [7, 11) is 1.89. The Bertz CT molecular complexity index is 478. The third-order valence-corrected chi connectivity index (χ3v) is 2.25. The topological polar surface area (TPSA) is 59.8 Å². The van der Waals surface area contributed by atoms with E-state index in [0.717, 1.165) is 5.82 Å². The second kappa shape index (κ2) is 4.57. The van der Waals surface area contributed by atoms with Crippen molar-refractivity contribution >= 4 is 5.91 Å². The third kappa shape index (κ3) is 2.25. The molecule has 5 nitrogen and oxygen atoms in total. The predicted molar refractivity (Wildman–Crippen MR) is 58.6 cm³/mol. The van der Waals surface area contributed by atoms with Gasteiger partial charge in [0, 0.05) is 31.8 Å². The van der Waals surface area contributed by atoms with Gasteiger partial charge in [0.05, 0.1) is 12.1 Å². The van der Waals surface area contributed by atoms with E-state index in [4.69, 9.17) is 0 Å². The number of aryl methyl sites for hydroxylation is 1. The molecule has 0 aliphatic rings. The maximum absolute atomic E-state index is 11.7. The molecule has 0 fully saturated rings. The molecule has 0 unspecified atom stereocenters. The van der Waals surface area contributed by atoms with E-state index < -0.39 is 0 Å². The van der Waals surface area contributed by atoms with E-state index in [-0.39, 0.29) is 5.91 Å². The quantitative estimate of drug-likeness (QED) is 0.823. The zero-order valence-electron chi connectivity index (χ0n) is 8.92. The first kappa shape index (κ1) is 10.4. The van der Waals surface area contributed by atoms with Crippen LogP contribution >= 0.6 is 0 Å². The second-order valence-electron chi connectivity index (χ2n) is 3.38. The molecule has 0 radical (unpaired) electrons. The van der Waals surface area contributed by atoms with Crippen molar-refractivity contribution in [1.82, 2.24) is 19.9 Å². The highest BCUT2D eigenvalue weighted by Gasteiger charge is 2.06. The summed E-state index contributed by atoms with van der Waals surface area (Å²) in [6.07, 6.45) is 6.71. The lowest BCUT2D eigenvalue weighted by atomic mass is 10.3. The Hall–Kier alpha value is -2.17. The van der Waals surface area contributed by atoms with Gasteiger partial charge in [0.2, 0.25) is 0 Å². The fourth-order valence-corrected chi connectivity index (χ4v) is 1.33. The molecule has 0 saturated heterocycles. The molecule has 2 aromatic rings. The summed E-state index contributed by atoms with van der Waals surface area (Å²) in [4.78, 5) is 19.7. The minimum absolute atomic E-state index is 0.142. The molecule has 0 aliphatic carbocycles. The Morgan fingerprint density at radius 3 is 3.00 bits per heavy atom. The van der Waals surface area contributed by atoms with E-state index >= 15 is 0 Å². The highest BCUT2D eigenvalue weighted by atomic mass is 16.1. The van der Waals surface area contributed by atoms with Crippen molar-refractivity contribution in [2.75, 3.05) is 0 Å². The number of rotatable bonds is 3. The van der Waals surface area contributed by atoms with Crippen molar-refractivity contribution in [1.29, 1.82) is 0 Å². The standard InChI is InChI=1S/C11H12N4O/c1-15-6-5-13-10(15)8-14-11(16)9-3-2-4-12-7-9/h2-7H,8H2,1H3,(H,14,16). The summed E-state index contributed by atoms with van der Waals surface area (Å²) >= 11 is 0. The van der Waals surface area contributed by atoms with Crippen molar-refractivity contribution in [3.63, 3.8) is 0 Å². The number of hydrogen-bond donors (Lipinski definition) is 1. The molecule has 1 N–H and O–H groups in total. The predicted octanol–water partition coefficient (Wildman–Crippen LogP) is 0.745. The molecule has 2 aromatic heterocycles. The molecule has 1 amide bonds. The van der Waals surface area contributed by atoms with Crippen LogP contribution in [0.1, 0.15) is 16.2 Å². The first-order valence-electron chi connectivity index (χ1n) is 4.92. The molecular weight excluding hydrogens is 204 g/mol. The number of carbonyl (C=O) groups excluding carboxylic acids is 1. The zero-order chi connectivity index (χ0) is 11.4. The zero-order valence-corrected chi connectivity index (χ0v) is 8.92. The van der Waals surface area contributed by atoms with Gasteiger partial charge in [-0.3, -0.25) is 9.78 Å². The maximum Gasteiger partial charge on any atom is 0.253 e. The van der Waals surface area contributed by atoms with Crippen molar-refractivity contribution in [3.05, 3.63) is 48.3 Å². The first-order valence-corrected chi connectivity index (χ1v) is 4.92. The average Bonchev–Trinajstić information content (AvgIpc) is 2.73. The summed E-state index contributed by atoms with van der Waals surface area (Å²) in [5, 5.41) is 2.78. The van der Waals surface area contributed by atoms with Crippen LogP contribution in [0.2, 0.25) is 0 Å². The van der Waals surface area contributed by atoms with Crippen LogP contribution in [-0.2, 0) is 13.6 Å². The van der Waals surface area contributed by atoms with E-state index in [2.05, 4.69) is 15.3 Å². The van der Waals surface area contributed by atoms with Crippen LogP contribution in [0, 0.1) is 0 Å². The van der Waals surface area contributed by atoms with Crippen LogP contribution in [0.3, 0.4) is 0 Å². The van der Waals surface area contributed by atoms with E-state index in [1.807, 2.05) is 17.8 Å². The van der Waals surface area contributed by atoms with Gasteiger partial charge in [0.1, 0.15) is 5.82 Å². The molecule has 2 heterocycles. The largest absolute Gasteiger partial charge is 0.345 e. The van der Waals surface area contributed by atoms with Gasteiger partial charge in [-0.15, -0.1) is 0 Å². The molecule has 0 spiro atoms. The van der Waals surface area contributed by atoms with Crippen LogP contribution in [-0.4, -0.2) is 20.4 Å². The number of nitrogens with one attached hydrogen (secondary N) is 1. The number of hydrogen-bond acceptors (Lipinski definition) is 3. The average molecular weight is 216 g/mol. The molecule has 16 heavy (non-hydrogen) atoms. The molecule has 0 atom stereocenters. The lowest BCUT2D eigenvalue weighted by Gasteiger charge is -2.04. The van der Waals surface area contributed by atoms with Crippen molar-refractivity contribution in [3.8, 4) is 0 Å². The third-order valence-electron chi connectivity index (χ3n) is 2.25. The van der Waals surface area contributed by atoms with E-state index in [1.165, 1.54) is 6.20 Å². The van der Waals surface area contributed by atoms with Gasteiger partial charge in [-0.25, -0.2) is 4.98 Å². The van der Waals surface area contributed by atoms with Gasteiger partial charge in [-0.05, 0) is 12.1 Å². The Morgan fingerprint density at radius 1 is 1.50 bits per heavy atom. The first-order chi connectivity index (χ1) is 7.77. The van der Waals surface area contributed by atoms with Gasteiger partial charge in [-0.1, -0.05) is 0 Å². The van der Waals surface area contributed by atoms with Crippen LogP contribution < -0.4 is 5.32 Å². The fraction of sp³-hybridized carbons (Fsp3) is 0.182. The van der Waals surface area contributed by atoms with Crippen molar-refractivity contribution in [2.45, 2.75) is 6.54 Å². The molecule has 0 bridgehead atoms. The van der Waals surface area contributed by atoms with Gasteiger partial charge in [0.25, 0.3) is 5.91 Å². The Morgan fingerprint density at radius 2 is 2.38 bits per heavy atom. The normalized spacial score (nSPS) is 10.1. The SMILES string of the molecule is Cn1ccnc1CNC(=O)c1cccnc1.